The number of para-hydroxylation sites is 1. The monoisotopic (exact) mass is 437 g/mol. The maximum atomic E-state index is 12.1. The highest BCUT2D eigenvalue weighted by molar-refractivity contribution is 6.06. The van der Waals surface area contributed by atoms with Crippen molar-refractivity contribution in [1.82, 2.24) is 0 Å². The predicted molar refractivity (Wildman–Crippen MR) is 129 cm³/mol. The molecular weight excluding hydrogens is 414 g/mol. The molecule has 5 heteroatoms. The highest BCUT2D eigenvalue weighted by Crippen LogP contribution is 2.41. The second-order valence-corrected chi connectivity index (χ2v) is 7.53. The van der Waals surface area contributed by atoms with Gasteiger partial charge in [0.1, 0.15) is 12.4 Å². The molecule has 0 aliphatic rings. The Morgan fingerprint density at radius 2 is 1.39 bits per heavy atom. The van der Waals surface area contributed by atoms with Crippen LogP contribution < -0.4 is 10.1 Å². The molecule has 2 N–H and O–H groups in total. The molecule has 0 atom stereocenters. The van der Waals surface area contributed by atoms with Gasteiger partial charge in [0.25, 0.3) is 0 Å². The Labute approximate surface area is 192 Å². The maximum Gasteiger partial charge on any atom is 0.336 e. The van der Waals surface area contributed by atoms with Crippen LogP contribution in [0, 0.1) is 0 Å². The fourth-order valence-corrected chi connectivity index (χ4v) is 3.80. The first-order chi connectivity index (χ1) is 16.0. The lowest BCUT2D eigenvalue weighted by atomic mass is 9.90. The lowest BCUT2D eigenvalue weighted by molar-refractivity contribution is -0.114. The van der Waals surface area contributed by atoms with Crippen LogP contribution >= 0.6 is 0 Å². The average molecular weight is 437 g/mol. The van der Waals surface area contributed by atoms with Crippen LogP contribution in [0.4, 0.5) is 5.69 Å². The molecule has 0 fully saturated rings. The number of carboxylic acids is 1. The van der Waals surface area contributed by atoms with E-state index < -0.39 is 5.97 Å². The van der Waals surface area contributed by atoms with Crippen LogP contribution in [-0.4, -0.2) is 17.0 Å². The Balaban J connectivity index is 1.84. The summed E-state index contributed by atoms with van der Waals surface area (Å²) in [7, 11) is 0. The second-order valence-electron chi connectivity index (χ2n) is 7.53. The molecule has 4 rings (SSSR count). The van der Waals surface area contributed by atoms with Crippen molar-refractivity contribution in [2.75, 3.05) is 5.32 Å². The van der Waals surface area contributed by atoms with Gasteiger partial charge in [0.05, 0.1) is 5.56 Å². The fraction of sp³-hybridized carbons (Fsp3) is 0.0714. The van der Waals surface area contributed by atoms with Gasteiger partial charge in [0.15, 0.2) is 0 Å². The molecular formula is C28H23NO4. The topological polar surface area (TPSA) is 75.6 Å². The van der Waals surface area contributed by atoms with Gasteiger partial charge in [-0.15, -0.1) is 0 Å². The van der Waals surface area contributed by atoms with E-state index in [-0.39, 0.29) is 11.5 Å². The number of rotatable bonds is 7. The summed E-state index contributed by atoms with van der Waals surface area (Å²) in [4.78, 5) is 23.9. The first kappa shape index (κ1) is 21.8. The van der Waals surface area contributed by atoms with Crippen molar-refractivity contribution in [2.45, 2.75) is 13.5 Å². The zero-order valence-corrected chi connectivity index (χ0v) is 18.1. The summed E-state index contributed by atoms with van der Waals surface area (Å²) in [5, 5.41) is 12.6. The summed E-state index contributed by atoms with van der Waals surface area (Å²) in [6, 6.07) is 29.9. The molecule has 0 aliphatic carbocycles. The average Bonchev–Trinajstić information content (AvgIpc) is 2.83. The quantitative estimate of drug-likeness (QED) is 0.358. The van der Waals surface area contributed by atoms with Crippen molar-refractivity contribution in [3.8, 4) is 28.0 Å². The molecule has 0 aromatic heterocycles. The normalized spacial score (nSPS) is 10.5. The van der Waals surface area contributed by atoms with Crippen molar-refractivity contribution in [2.24, 2.45) is 0 Å². The predicted octanol–water partition coefficient (Wildman–Crippen LogP) is 6.26. The Kier molecular flexibility index (Phi) is 6.51. The van der Waals surface area contributed by atoms with Crippen LogP contribution in [0.15, 0.2) is 97.1 Å². The van der Waals surface area contributed by atoms with Crippen molar-refractivity contribution in [3.63, 3.8) is 0 Å². The van der Waals surface area contributed by atoms with E-state index in [0.717, 1.165) is 16.7 Å². The molecule has 0 bridgehead atoms. The van der Waals surface area contributed by atoms with E-state index in [1.807, 2.05) is 78.9 Å². The number of carboxylic acid groups (broad SMARTS) is 1. The van der Waals surface area contributed by atoms with Gasteiger partial charge in [-0.1, -0.05) is 78.9 Å². The van der Waals surface area contributed by atoms with Crippen molar-refractivity contribution in [1.29, 1.82) is 0 Å². The molecule has 0 saturated carbocycles. The van der Waals surface area contributed by atoms with E-state index in [0.29, 0.717) is 29.2 Å². The van der Waals surface area contributed by atoms with Crippen LogP contribution in [0.5, 0.6) is 5.75 Å². The number of carbonyl (C=O) groups is 2. The third-order valence-corrected chi connectivity index (χ3v) is 5.22. The number of nitrogens with one attached hydrogen (secondary N) is 1. The van der Waals surface area contributed by atoms with Crippen LogP contribution in [0.25, 0.3) is 22.3 Å². The number of aromatic carboxylic acids is 1. The molecule has 0 aliphatic heterocycles. The minimum Gasteiger partial charge on any atom is -0.488 e. The Hall–Kier alpha value is -4.38. The van der Waals surface area contributed by atoms with Gasteiger partial charge in [-0.05, 0) is 34.9 Å². The fourth-order valence-electron chi connectivity index (χ4n) is 3.80. The van der Waals surface area contributed by atoms with E-state index in [2.05, 4.69) is 5.32 Å². The second kappa shape index (κ2) is 9.83. The van der Waals surface area contributed by atoms with Crippen molar-refractivity contribution in [3.05, 3.63) is 108 Å². The Morgan fingerprint density at radius 1 is 0.758 bits per heavy atom. The maximum absolute atomic E-state index is 12.1. The minimum atomic E-state index is -1.07. The summed E-state index contributed by atoms with van der Waals surface area (Å²) in [6.07, 6.45) is 0. The lowest BCUT2D eigenvalue weighted by Gasteiger charge is -2.18. The number of carbonyl (C=O) groups excluding carboxylic acids is 1. The first-order valence-corrected chi connectivity index (χ1v) is 10.5. The Bertz CT molecular complexity index is 1300. The van der Waals surface area contributed by atoms with Crippen LogP contribution in [0.1, 0.15) is 22.8 Å². The molecule has 0 spiro atoms. The van der Waals surface area contributed by atoms with E-state index in [1.54, 1.807) is 12.1 Å². The Morgan fingerprint density at radius 3 is 2.09 bits per heavy atom. The molecule has 4 aromatic carbocycles. The molecule has 0 radical (unpaired) electrons. The number of ether oxygens (including phenoxy) is 1. The highest BCUT2D eigenvalue weighted by Gasteiger charge is 2.20. The first-order valence-electron chi connectivity index (χ1n) is 10.5. The van der Waals surface area contributed by atoms with Gasteiger partial charge in [0, 0.05) is 23.7 Å². The van der Waals surface area contributed by atoms with Crippen molar-refractivity contribution >= 4 is 17.6 Å². The number of anilines is 1. The SMILES string of the molecule is CC(=O)Nc1cccc(C(=O)O)c1-c1ccccc1-c1ccccc1OCc1ccccc1. The molecule has 1 amide bonds. The minimum absolute atomic E-state index is 0.108. The zero-order chi connectivity index (χ0) is 23.2. The van der Waals surface area contributed by atoms with Gasteiger partial charge in [-0.2, -0.15) is 0 Å². The van der Waals surface area contributed by atoms with Gasteiger partial charge in [-0.25, -0.2) is 4.79 Å². The largest absolute Gasteiger partial charge is 0.488 e. The summed E-state index contributed by atoms with van der Waals surface area (Å²) in [5.41, 5.74) is 4.38. The molecule has 33 heavy (non-hydrogen) atoms. The standard InChI is InChI=1S/C28H23NO4/c1-19(30)29-25-16-9-15-24(28(31)32)27(25)23-14-6-5-12-21(23)22-13-7-8-17-26(22)33-18-20-10-3-2-4-11-20/h2-17H,18H2,1H3,(H,29,30)(H,31,32). The van der Waals surface area contributed by atoms with Crippen LogP contribution in [0.2, 0.25) is 0 Å². The number of amides is 1. The molecule has 0 saturated heterocycles. The van der Waals surface area contributed by atoms with Gasteiger partial charge < -0.3 is 15.2 Å². The number of hydrogen-bond donors (Lipinski definition) is 2. The van der Waals surface area contributed by atoms with E-state index in [9.17, 15) is 14.7 Å². The van der Waals surface area contributed by atoms with Gasteiger partial charge in [-0.3, -0.25) is 4.79 Å². The van der Waals surface area contributed by atoms with Gasteiger partial charge in [0.2, 0.25) is 5.91 Å². The van der Waals surface area contributed by atoms with E-state index in [4.69, 9.17) is 4.74 Å². The summed E-state index contributed by atoms with van der Waals surface area (Å²) in [6.45, 7) is 1.80. The van der Waals surface area contributed by atoms with Crippen LogP contribution in [-0.2, 0) is 11.4 Å². The highest BCUT2D eigenvalue weighted by atomic mass is 16.5. The summed E-state index contributed by atoms with van der Waals surface area (Å²) < 4.78 is 6.15. The summed E-state index contributed by atoms with van der Waals surface area (Å²) in [5.74, 6) is -0.661. The third-order valence-electron chi connectivity index (χ3n) is 5.22. The summed E-state index contributed by atoms with van der Waals surface area (Å²) >= 11 is 0. The van der Waals surface area contributed by atoms with Crippen LogP contribution in [0.3, 0.4) is 0 Å². The number of hydrogen-bond acceptors (Lipinski definition) is 3. The van der Waals surface area contributed by atoms with Gasteiger partial charge >= 0.3 is 5.97 Å². The zero-order valence-electron chi connectivity index (χ0n) is 18.1. The molecule has 5 nitrogen and oxygen atoms in total. The molecule has 164 valence electrons. The van der Waals surface area contributed by atoms with Crippen molar-refractivity contribution < 1.29 is 19.4 Å². The molecule has 0 heterocycles. The smallest absolute Gasteiger partial charge is 0.336 e. The van der Waals surface area contributed by atoms with E-state index in [1.165, 1.54) is 13.0 Å². The lowest BCUT2D eigenvalue weighted by Crippen LogP contribution is -2.10. The molecule has 0 unspecified atom stereocenters. The number of benzene rings is 4. The molecule has 4 aromatic rings. The van der Waals surface area contributed by atoms with E-state index >= 15 is 0 Å². The third kappa shape index (κ3) is 4.93.